The lowest BCUT2D eigenvalue weighted by Gasteiger charge is -2.42. The molecule has 166 valence electrons. The summed E-state index contributed by atoms with van der Waals surface area (Å²) in [6.07, 6.45) is 18.2. The van der Waals surface area contributed by atoms with Gasteiger partial charge in [-0.3, -0.25) is 0 Å². The zero-order valence-electron chi connectivity index (χ0n) is 19.0. The second-order valence-electron chi connectivity index (χ2n) is 10.3. The average molecular weight is 413 g/mol. The van der Waals surface area contributed by atoms with Crippen molar-refractivity contribution in [2.75, 3.05) is 6.61 Å². The topological polar surface area (TPSA) is 9.23 Å². The highest BCUT2D eigenvalue weighted by Gasteiger charge is 2.36. The summed E-state index contributed by atoms with van der Waals surface area (Å²) in [6, 6.07) is 4.31. The minimum Gasteiger partial charge on any atom is -0.374 e. The van der Waals surface area contributed by atoms with Crippen molar-refractivity contribution in [3.8, 4) is 0 Å². The first-order chi connectivity index (χ1) is 14.7. The third-order valence-electron chi connectivity index (χ3n) is 8.33. The van der Waals surface area contributed by atoms with Crippen LogP contribution in [0.4, 0.5) is 4.39 Å². The van der Waals surface area contributed by atoms with Gasteiger partial charge < -0.3 is 4.74 Å². The molecule has 3 aliphatic rings. The predicted octanol–water partition coefficient (Wildman–Crippen LogP) is 7.77. The van der Waals surface area contributed by atoms with E-state index in [1.54, 1.807) is 0 Å². The maximum Gasteiger partial charge on any atom is 0.126 e. The van der Waals surface area contributed by atoms with Gasteiger partial charge in [-0.05, 0) is 104 Å². The maximum absolute atomic E-state index is 15.1. The zero-order chi connectivity index (χ0) is 20.9. The van der Waals surface area contributed by atoms with Crippen LogP contribution in [0.2, 0.25) is 0 Å². The SMILES string of the molecule is C=CCOC1CCC2CC(c3cc(F)c4c(c3)CCC(CCCCC)C4)CCC2C1. The lowest BCUT2D eigenvalue weighted by molar-refractivity contribution is -0.00311. The van der Waals surface area contributed by atoms with E-state index in [0.717, 1.165) is 30.2 Å². The van der Waals surface area contributed by atoms with Gasteiger partial charge in [0, 0.05) is 0 Å². The number of aryl methyl sites for hydroxylation is 1. The number of rotatable bonds is 8. The Morgan fingerprint density at radius 3 is 2.73 bits per heavy atom. The Kier molecular flexibility index (Phi) is 7.68. The summed E-state index contributed by atoms with van der Waals surface area (Å²) in [5.74, 6) is 2.94. The summed E-state index contributed by atoms with van der Waals surface area (Å²) in [7, 11) is 0. The Hall–Kier alpha value is -1.15. The van der Waals surface area contributed by atoms with Crippen LogP contribution in [0.5, 0.6) is 0 Å². The number of unbranched alkanes of at least 4 members (excludes halogenated alkanes) is 2. The number of benzene rings is 1. The van der Waals surface area contributed by atoms with E-state index in [1.807, 2.05) is 12.1 Å². The maximum atomic E-state index is 15.1. The zero-order valence-corrected chi connectivity index (χ0v) is 19.0. The highest BCUT2D eigenvalue weighted by molar-refractivity contribution is 5.37. The molecule has 0 heterocycles. The van der Waals surface area contributed by atoms with Crippen LogP contribution in [-0.4, -0.2) is 12.7 Å². The first-order valence-electron chi connectivity index (χ1n) is 12.7. The minimum atomic E-state index is 0.0892. The first kappa shape index (κ1) is 22.1. The molecule has 30 heavy (non-hydrogen) atoms. The summed E-state index contributed by atoms with van der Waals surface area (Å²) >= 11 is 0. The van der Waals surface area contributed by atoms with E-state index in [0.29, 0.717) is 24.5 Å². The quantitative estimate of drug-likeness (QED) is 0.313. The molecule has 2 saturated carbocycles. The monoisotopic (exact) mass is 412 g/mol. The van der Waals surface area contributed by atoms with Crippen molar-refractivity contribution < 1.29 is 9.13 Å². The molecular weight excluding hydrogens is 371 g/mol. The minimum absolute atomic E-state index is 0.0892. The number of fused-ring (bicyclic) bond motifs is 2. The summed E-state index contributed by atoms with van der Waals surface area (Å²) in [5, 5.41) is 0. The molecule has 0 aliphatic heterocycles. The number of hydrogen-bond acceptors (Lipinski definition) is 1. The Bertz CT molecular complexity index is 711. The summed E-state index contributed by atoms with van der Waals surface area (Å²) in [5.41, 5.74) is 3.65. The highest BCUT2D eigenvalue weighted by atomic mass is 19.1. The average Bonchev–Trinajstić information content (AvgIpc) is 2.77. The fraction of sp³-hybridized carbons (Fsp3) is 0.714. The molecule has 0 radical (unpaired) electrons. The van der Waals surface area contributed by atoms with Gasteiger partial charge in [-0.1, -0.05) is 44.7 Å². The van der Waals surface area contributed by atoms with Crippen LogP contribution >= 0.6 is 0 Å². The third kappa shape index (κ3) is 5.18. The molecule has 1 aromatic rings. The molecule has 0 amide bonds. The van der Waals surface area contributed by atoms with Crippen molar-refractivity contribution in [2.24, 2.45) is 17.8 Å². The van der Waals surface area contributed by atoms with Crippen molar-refractivity contribution in [2.45, 2.75) is 102 Å². The van der Waals surface area contributed by atoms with Gasteiger partial charge >= 0.3 is 0 Å². The highest BCUT2D eigenvalue weighted by Crippen LogP contribution is 2.47. The van der Waals surface area contributed by atoms with Gasteiger partial charge in [0.25, 0.3) is 0 Å². The standard InChI is InChI=1S/C28H41FO/c1-3-5-6-7-20-8-9-24-17-25(19-28(29)27(24)15-20)22-10-11-23-18-26(30-14-4-2)13-12-21(23)16-22/h4,17,19-23,26H,2-3,5-16,18H2,1H3. The van der Waals surface area contributed by atoms with E-state index in [9.17, 15) is 0 Å². The lowest BCUT2D eigenvalue weighted by Crippen LogP contribution is -2.34. The molecule has 2 fully saturated rings. The van der Waals surface area contributed by atoms with Crippen LogP contribution < -0.4 is 0 Å². The van der Waals surface area contributed by atoms with Crippen LogP contribution in [0.3, 0.4) is 0 Å². The van der Waals surface area contributed by atoms with Gasteiger partial charge in [0.15, 0.2) is 0 Å². The lowest BCUT2D eigenvalue weighted by atomic mass is 9.65. The Morgan fingerprint density at radius 2 is 1.90 bits per heavy atom. The van der Waals surface area contributed by atoms with Crippen molar-refractivity contribution in [1.29, 1.82) is 0 Å². The van der Waals surface area contributed by atoms with Gasteiger partial charge in [0.2, 0.25) is 0 Å². The van der Waals surface area contributed by atoms with Crippen LogP contribution in [0.15, 0.2) is 24.8 Å². The first-order valence-corrected chi connectivity index (χ1v) is 12.7. The van der Waals surface area contributed by atoms with E-state index >= 15 is 4.39 Å². The molecule has 0 aromatic heterocycles. The molecule has 1 nitrogen and oxygen atoms in total. The fourth-order valence-corrected chi connectivity index (χ4v) is 6.59. The fourth-order valence-electron chi connectivity index (χ4n) is 6.59. The largest absolute Gasteiger partial charge is 0.374 e. The van der Waals surface area contributed by atoms with Crippen LogP contribution in [0.1, 0.15) is 100 Å². The van der Waals surface area contributed by atoms with Crippen molar-refractivity contribution in [3.63, 3.8) is 0 Å². The smallest absolute Gasteiger partial charge is 0.126 e. The van der Waals surface area contributed by atoms with Crippen molar-refractivity contribution >= 4 is 0 Å². The number of halogens is 1. The molecule has 2 heteroatoms. The van der Waals surface area contributed by atoms with Crippen LogP contribution in [-0.2, 0) is 17.6 Å². The molecule has 4 rings (SSSR count). The van der Waals surface area contributed by atoms with Gasteiger partial charge in [-0.25, -0.2) is 4.39 Å². The van der Waals surface area contributed by atoms with E-state index in [-0.39, 0.29) is 5.82 Å². The second kappa shape index (κ2) is 10.4. The van der Waals surface area contributed by atoms with Crippen LogP contribution in [0, 0.1) is 23.6 Å². The summed E-state index contributed by atoms with van der Waals surface area (Å²) in [4.78, 5) is 0. The molecule has 0 spiro atoms. The van der Waals surface area contributed by atoms with Gasteiger partial charge in [0.05, 0.1) is 12.7 Å². The van der Waals surface area contributed by atoms with Gasteiger partial charge in [0.1, 0.15) is 5.82 Å². The Labute approximate surface area is 183 Å². The van der Waals surface area contributed by atoms with E-state index < -0.39 is 0 Å². The normalized spacial score (nSPS) is 31.1. The molecule has 5 unspecified atom stereocenters. The van der Waals surface area contributed by atoms with E-state index in [4.69, 9.17) is 4.74 Å². The molecular formula is C28H41FO. The molecule has 0 N–H and O–H groups in total. The molecule has 0 saturated heterocycles. The van der Waals surface area contributed by atoms with E-state index in [1.165, 1.54) is 81.8 Å². The number of hydrogen-bond donors (Lipinski definition) is 0. The predicted molar refractivity (Wildman–Crippen MR) is 123 cm³/mol. The Balaban J connectivity index is 1.37. The van der Waals surface area contributed by atoms with E-state index in [2.05, 4.69) is 19.6 Å². The molecule has 5 atom stereocenters. The van der Waals surface area contributed by atoms with Gasteiger partial charge in [-0.15, -0.1) is 6.58 Å². The molecule has 3 aliphatic carbocycles. The molecule has 0 bridgehead atoms. The third-order valence-corrected chi connectivity index (χ3v) is 8.33. The van der Waals surface area contributed by atoms with Crippen molar-refractivity contribution in [1.82, 2.24) is 0 Å². The summed E-state index contributed by atoms with van der Waals surface area (Å²) < 4.78 is 21.1. The van der Waals surface area contributed by atoms with Crippen molar-refractivity contribution in [3.05, 3.63) is 47.3 Å². The Morgan fingerprint density at radius 1 is 1.07 bits per heavy atom. The summed E-state index contributed by atoms with van der Waals surface area (Å²) in [6.45, 7) is 6.71. The molecule has 1 aromatic carbocycles. The van der Waals surface area contributed by atoms with Crippen LogP contribution in [0.25, 0.3) is 0 Å². The van der Waals surface area contributed by atoms with Gasteiger partial charge in [-0.2, -0.15) is 0 Å². The second-order valence-corrected chi connectivity index (χ2v) is 10.3. The number of ether oxygens (including phenoxy) is 1.